The zero-order chi connectivity index (χ0) is 16.3. The third-order valence-electron chi connectivity index (χ3n) is 3.47. The van der Waals surface area contributed by atoms with Crippen LogP contribution in [0, 0.1) is 0 Å². The number of hydrogen-bond donors (Lipinski definition) is 0. The van der Waals surface area contributed by atoms with Gasteiger partial charge in [-0.2, -0.15) is 0 Å². The number of ether oxygens (including phenoxy) is 1. The number of benzene rings is 1. The quantitative estimate of drug-likeness (QED) is 0.784. The largest absolute Gasteiger partial charge is 0.612 e. The molecule has 0 bridgehead atoms. The Morgan fingerprint density at radius 1 is 1.14 bits per heavy atom. The van der Waals surface area contributed by atoms with Gasteiger partial charge in [0, 0.05) is 31.9 Å². The second kappa shape index (κ2) is 6.79. The molecule has 122 valence electrons. The molecule has 1 unspecified atom stereocenters. The molecule has 1 aromatic carbocycles. The van der Waals surface area contributed by atoms with Crippen molar-refractivity contribution >= 4 is 23.0 Å². The van der Waals surface area contributed by atoms with Gasteiger partial charge >= 0.3 is 6.09 Å². The molecule has 1 amide bonds. The number of rotatable bonds is 2. The van der Waals surface area contributed by atoms with Gasteiger partial charge in [-0.05, 0) is 56.2 Å². The van der Waals surface area contributed by atoms with Crippen molar-refractivity contribution in [2.45, 2.75) is 31.3 Å². The van der Waals surface area contributed by atoms with Crippen molar-refractivity contribution in [3.63, 3.8) is 0 Å². The zero-order valence-corrected chi connectivity index (χ0v) is 14.5. The minimum atomic E-state index is -0.952. The van der Waals surface area contributed by atoms with Gasteiger partial charge in [-0.15, -0.1) is 0 Å². The van der Waals surface area contributed by atoms with Crippen molar-refractivity contribution in [1.82, 2.24) is 4.90 Å². The highest BCUT2D eigenvalue weighted by atomic mass is 32.2. The highest BCUT2D eigenvalue weighted by molar-refractivity contribution is 7.90. The van der Waals surface area contributed by atoms with Crippen LogP contribution in [-0.2, 0) is 15.9 Å². The minimum Gasteiger partial charge on any atom is -0.612 e. The van der Waals surface area contributed by atoms with E-state index < -0.39 is 16.8 Å². The van der Waals surface area contributed by atoms with Crippen LogP contribution in [0.4, 0.5) is 10.5 Å². The molecule has 0 spiro atoms. The summed E-state index contributed by atoms with van der Waals surface area (Å²) < 4.78 is 16.8. The van der Waals surface area contributed by atoms with Gasteiger partial charge in [0.25, 0.3) is 0 Å². The van der Waals surface area contributed by atoms with Gasteiger partial charge in [-0.1, -0.05) is 0 Å². The molecule has 22 heavy (non-hydrogen) atoms. The lowest BCUT2D eigenvalue weighted by atomic mass is 10.2. The van der Waals surface area contributed by atoms with Crippen LogP contribution >= 0.6 is 0 Å². The summed E-state index contributed by atoms with van der Waals surface area (Å²) in [6.07, 6.45) is 1.43. The van der Waals surface area contributed by atoms with E-state index in [4.69, 9.17) is 4.74 Å². The van der Waals surface area contributed by atoms with Gasteiger partial charge in [-0.25, -0.2) is 4.79 Å². The molecule has 1 aliphatic rings. The molecule has 0 saturated carbocycles. The number of nitrogens with zero attached hydrogens (tertiary/aromatic N) is 2. The van der Waals surface area contributed by atoms with Crippen molar-refractivity contribution in [3.8, 4) is 0 Å². The first-order chi connectivity index (χ1) is 10.3. The van der Waals surface area contributed by atoms with Crippen molar-refractivity contribution in [1.29, 1.82) is 0 Å². The second-order valence-electron chi connectivity index (χ2n) is 6.40. The molecule has 6 heteroatoms. The van der Waals surface area contributed by atoms with E-state index in [2.05, 4.69) is 4.90 Å². The standard InChI is InChI=1S/C16H24N2O3S/c1-16(2,3)21-15(19)18-11-9-17(10-12-18)13-5-7-14(8-6-13)22(4)20/h5-8H,9-12H2,1-4H3. The molecule has 1 atom stereocenters. The average Bonchev–Trinajstić information content (AvgIpc) is 2.46. The molecule has 2 rings (SSSR count). The molecule has 1 aromatic rings. The smallest absolute Gasteiger partial charge is 0.410 e. The highest BCUT2D eigenvalue weighted by Gasteiger charge is 2.25. The molecule has 0 aromatic heterocycles. The minimum absolute atomic E-state index is 0.246. The van der Waals surface area contributed by atoms with Gasteiger partial charge in [0.2, 0.25) is 0 Å². The summed E-state index contributed by atoms with van der Waals surface area (Å²) in [5, 5.41) is 0. The van der Waals surface area contributed by atoms with Gasteiger partial charge < -0.3 is 19.1 Å². The Bertz CT molecular complexity index is 503. The van der Waals surface area contributed by atoms with Gasteiger partial charge in [0.15, 0.2) is 4.90 Å². The Balaban J connectivity index is 1.90. The lowest BCUT2D eigenvalue weighted by molar-refractivity contribution is 0.0240. The summed E-state index contributed by atoms with van der Waals surface area (Å²) >= 11 is -0.952. The summed E-state index contributed by atoms with van der Waals surface area (Å²) in [4.78, 5) is 16.8. The zero-order valence-electron chi connectivity index (χ0n) is 13.7. The van der Waals surface area contributed by atoms with Crippen LogP contribution in [0.25, 0.3) is 0 Å². The lowest BCUT2D eigenvalue weighted by Gasteiger charge is -2.36. The number of anilines is 1. The predicted octanol–water partition coefficient (Wildman–Crippen LogP) is 2.48. The number of amides is 1. The van der Waals surface area contributed by atoms with Gasteiger partial charge in [0.05, 0.1) is 0 Å². The van der Waals surface area contributed by atoms with Crippen molar-refractivity contribution in [2.75, 3.05) is 37.3 Å². The van der Waals surface area contributed by atoms with E-state index in [0.29, 0.717) is 13.1 Å². The molecule has 0 radical (unpaired) electrons. The third kappa shape index (κ3) is 4.55. The highest BCUT2D eigenvalue weighted by Crippen LogP contribution is 2.20. The van der Waals surface area contributed by atoms with Crippen molar-refractivity contribution < 1.29 is 14.1 Å². The SMILES string of the molecule is C[S+]([O-])c1ccc(N2CCN(C(=O)OC(C)(C)C)CC2)cc1. The van der Waals surface area contributed by atoms with Crippen molar-refractivity contribution in [2.24, 2.45) is 0 Å². The fourth-order valence-electron chi connectivity index (χ4n) is 2.32. The predicted molar refractivity (Wildman–Crippen MR) is 88.8 cm³/mol. The summed E-state index contributed by atoms with van der Waals surface area (Å²) in [7, 11) is 0. The van der Waals surface area contributed by atoms with Crippen LogP contribution in [0.2, 0.25) is 0 Å². The van der Waals surface area contributed by atoms with E-state index >= 15 is 0 Å². The van der Waals surface area contributed by atoms with E-state index in [1.165, 1.54) is 0 Å². The Labute approximate surface area is 135 Å². The first-order valence-electron chi connectivity index (χ1n) is 7.42. The number of hydrogen-bond acceptors (Lipinski definition) is 4. The van der Waals surface area contributed by atoms with E-state index in [1.54, 1.807) is 11.2 Å². The maximum absolute atomic E-state index is 12.0. The lowest BCUT2D eigenvalue weighted by Crippen LogP contribution is -2.50. The normalized spacial score (nSPS) is 17.3. The molecule has 1 aliphatic heterocycles. The topological polar surface area (TPSA) is 55.8 Å². The summed E-state index contributed by atoms with van der Waals surface area (Å²) in [5.41, 5.74) is 0.637. The van der Waals surface area contributed by atoms with E-state index in [0.717, 1.165) is 23.7 Å². The van der Waals surface area contributed by atoms with E-state index in [9.17, 15) is 9.35 Å². The number of carbonyl (C=O) groups is 1. The van der Waals surface area contributed by atoms with E-state index in [-0.39, 0.29) is 6.09 Å². The van der Waals surface area contributed by atoms with Crippen LogP contribution in [0.3, 0.4) is 0 Å². The fraction of sp³-hybridized carbons (Fsp3) is 0.562. The van der Waals surface area contributed by atoms with Crippen LogP contribution in [0.5, 0.6) is 0 Å². The first kappa shape index (κ1) is 17.0. The number of carbonyl (C=O) groups excluding carboxylic acids is 1. The average molecular weight is 324 g/mol. The molecule has 0 aliphatic carbocycles. The van der Waals surface area contributed by atoms with Crippen LogP contribution in [-0.4, -0.2) is 53.6 Å². The summed E-state index contributed by atoms with van der Waals surface area (Å²) in [6.45, 7) is 8.47. The molecule has 5 nitrogen and oxygen atoms in total. The Morgan fingerprint density at radius 2 is 1.68 bits per heavy atom. The summed E-state index contributed by atoms with van der Waals surface area (Å²) in [6, 6.07) is 7.76. The van der Waals surface area contributed by atoms with Crippen LogP contribution in [0.1, 0.15) is 20.8 Å². The Hall–Kier alpha value is -1.40. The Morgan fingerprint density at radius 3 is 2.14 bits per heavy atom. The van der Waals surface area contributed by atoms with Crippen molar-refractivity contribution in [3.05, 3.63) is 24.3 Å². The molecular formula is C16H24N2O3S. The fourth-order valence-corrected chi connectivity index (χ4v) is 2.84. The molecule has 1 fully saturated rings. The molecular weight excluding hydrogens is 300 g/mol. The third-order valence-corrected chi connectivity index (χ3v) is 4.40. The number of piperazine rings is 1. The molecule has 0 N–H and O–H groups in total. The Kier molecular flexibility index (Phi) is 5.24. The summed E-state index contributed by atoms with van der Waals surface area (Å²) in [5.74, 6) is 0. The second-order valence-corrected chi connectivity index (χ2v) is 7.78. The van der Waals surface area contributed by atoms with Gasteiger partial charge in [0.1, 0.15) is 11.9 Å². The van der Waals surface area contributed by atoms with Gasteiger partial charge in [-0.3, -0.25) is 0 Å². The maximum Gasteiger partial charge on any atom is 0.410 e. The molecule has 1 heterocycles. The van der Waals surface area contributed by atoms with Crippen LogP contribution < -0.4 is 4.90 Å². The van der Waals surface area contributed by atoms with E-state index in [1.807, 2.05) is 45.0 Å². The molecule has 1 saturated heterocycles. The van der Waals surface area contributed by atoms with Crippen LogP contribution in [0.15, 0.2) is 29.2 Å². The maximum atomic E-state index is 12.0. The first-order valence-corrected chi connectivity index (χ1v) is 8.98. The monoisotopic (exact) mass is 324 g/mol.